The van der Waals surface area contributed by atoms with Gasteiger partial charge in [0.2, 0.25) is 11.0 Å². The number of likely N-dealkylation sites (tertiary alicyclic amines) is 1. The van der Waals surface area contributed by atoms with Crippen molar-refractivity contribution in [2.24, 2.45) is 0 Å². The van der Waals surface area contributed by atoms with E-state index in [1.54, 1.807) is 7.11 Å². The van der Waals surface area contributed by atoms with Crippen LogP contribution in [0.1, 0.15) is 25.7 Å². The first kappa shape index (κ1) is 16.5. The highest BCUT2D eigenvalue weighted by Crippen LogP contribution is 2.25. The van der Waals surface area contributed by atoms with Gasteiger partial charge in [0.25, 0.3) is 0 Å². The number of hydrogen-bond donors (Lipinski definition) is 1. The van der Waals surface area contributed by atoms with E-state index in [4.69, 9.17) is 4.74 Å². The summed E-state index contributed by atoms with van der Waals surface area (Å²) in [6.45, 7) is 3.15. The van der Waals surface area contributed by atoms with Crippen LogP contribution in [0.4, 0.5) is 5.13 Å². The normalized spacial score (nSPS) is 15.8. The summed E-state index contributed by atoms with van der Waals surface area (Å²) in [5.41, 5.74) is 0. The van der Waals surface area contributed by atoms with E-state index in [2.05, 4.69) is 15.5 Å². The maximum Gasteiger partial charge on any atom is 0.233 e. The van der Waals surface area contributed by atoms with Crippen LogP contribution in [-0.2, 0) is 9.53 Å². The molecule has 0 aliphatic carbocycles. The van der Waals surface area contributed by atoms with E-state index in [1.807, 2.05) is 4.90 Å². The molecule has 0 bridgehead atoms. The van der Waals surface area contributed by atoms with E-state index in [9.17, 15) is 4.79 Å². The molecule has 1 aliphatic rings. The van der Waals surface area contributed by atoms with Crippen molar-refractivity contribution in [1.82, 2.24) is 15.1 Å². The minimum absolute atomic E-state index is 0.214. The topological polar surface area (TPSA) is 67.3 Å². The third-order valence-electron chi connectivity index (χ3n) is 3.27. The molecule has 1 amide bonds. The van der Waals surface area contributed by atoms with E-state index in [-0.39, 0.29) is 5.91 Å². The second-order valence-electron chi connectivity index (χ2n) is 4.88. The van der Waals surface area contributed by atoms with Gasteiger partial charge in [-0.2, -0.15) is 0 Å². The lowest BCUT2D eigenvalue weighted by atomic mass is 10.2. The van der Waals surface area contributed by atoms with E-state index >= 15 is 0 Å². The molecule has 2 heterocycles. The Kier molecular flexibility index (Phi) is 7.25. The molecular weight excluding hydrogens is 308 g/mol. The fourth-order valence-electron chi connectivity index (χ4n) is 2.13. The second-order valence-corrected chi connectivity index (χ2v) is 7.08. The van der Waals surface area contributed by atoms with Gasteiger partial charge in [0.15, 0.2) is 4.34 Å². The van der Waals surface area contributed by atoms with Crippen molar-refractivity contribution in [3.63, 3.8) is 0 Å². The Bertz CT molecular complexity index is 434. The fraction of sp³-hybridized carbons (Fsp3) is 0.769. The third kappa shape index (κ3) is 5.80. The minimum atomic E-state index is 0.214. The first-order valence-corrected chi connectivity index (χ1v) is 9.06. The second kappa shape index (κ2) is 9.22. The zero-order valence-corrected chi connectivity index (χ0v) is 14.0. The molecule has 21 heavy (non-hydrogen) atoms. The van der Waals surface area contributed by atoms with Crippen molar-refractivity contribution in [3.8, 4) is 0 Å². The summed E-state index contributed by atoms with van der Waals surface area (Å²) in [7, 11) is 1.66. The number of thioether (sulfide) groups is 1. The molecule has 0 atom stereocenters. The van der Waals surface area contributed by atoms with Crippen LogP contribution in [0.5, 0.6) is 0 Å². The Morgan fingerprint density at radius 3 is 2.81 bits per heavy atom. The van der Waals surface area contributed by atoms with E-state index in [0.717, 1.165) is 35.4 Å². The molecule has 2 rings (SSSR count). The zero-order chi connectivity index (χ0) is 14.9. The molecule has 6 nitrogen and oxygen atoms in total. The Balaban J connectivity index is 1.73. The van der Waals surface area contributed by atoms with Gasteiger partial charge in [-0.1, -0.05) is 35.9 Å². The van der Waals surface area contributed by atoms with Crippen molar-refractivity contribution < 1.29 is 9.53 Å². The van der Waals surface area contributed by atoms with Crippen LogP contribution < -0.4 is 5.32 Å². The summed E-state index contributed by atoms with van der Waals surface area (Å²) in [6.07, 6.45) is 4.74. The molecule has 0 saturated carbocycles. The maximum atomic E-state index is 12.2. The Morgan fingerprint density at radius 2 is 2.10 bits per heavy atom. The van der Waals surface area contributed by atoms with Gasteiger partial charge >= 0.3 is 0 Å². The van der Waals surface area contributed by atoms with Gasteiger partial charge in [0.1, 0.15) is 0 Å². The Labute approximate surface area is 133 Å². The number of methoxy groups -OCH3 is 1. The molecule has 1 saturated heterocycles. The number of anilines is 1. The fourth-order valence-corrected chi connectivity index (χ4v) is 3.81. The van der Waals surface area contributed by atoms with Crippen molar-refractivity contribution in [2.45, 2.75) is 30.0 Å². The smallest absolute Gasteiger partial charge is 0.233 e. The lowest BCUT2D eigenvalue weighted by Gasteiger charge is -2.19. The van der Waals surface area contributed by atoms with Gasteiger partial charge in [0, 0.05) is 26.7 Å². The molecule has 1 aromatic rings. The standard InChI is InChI=1S/C13H22N4O2S2/c1-19-9-6-14-12-15-16-13(21-12)20-10-11(18)17-7-4-2-3-5-8-17/h2-10H2,1H3,(H,14,15). The van der Waals surface area contributed by atoms with Crippen LogP contribution in [0, 0.1) is 0 Å². The molecule has 1 N–H and O–H groups in total. The largest absolute Gasteiger partial charge is 0.383 e. The van der Waals surface area contributed by atoms with Gasteiger partial charge in [-0.05, 0) is 12.8 Å². The van der Waals surface area contributed by atoms with Gasteiger partial charge in [-0.15, -0.1) is 10.2 Å². The maximum absolute atomic E-state index is 12.2. The van der Waals surface area contributed by atoms with Crippen molar-refractivity contribution >= 4 is 34.1 Å². The monoisotopic (exact) mass is 330 g/mol. The summed E-state index contributed by atoms with van der Waals surface area (Å²) in [5, 5.41) is 12.0. The molecule has 1 fully saturated rings. The van der Waals surface area contributed by atoms with E-state index < -0.39 is 0 Å². The number of nitrogens with zero attached hydrogens (tertiary/aromatic N) is 3. The number of amides is 1. The number of aromatic nitrogens is 2. The molecule has 8 heteroatoms. The average molecular weight is 330 g/mol. The number of hydrogen-bond acceptors (Lipinski definition) is 7. The first-order chi connectivity index (χ1) is 10.3. The molecular formula is C13H22N4O2S2. The van der Waals surface area contributed by atoms with E-state index in [1.165, 1.54) is 35.9 Å². The molecule has 118 valence electrons. The van der Waals surface area contributed by atoms with Gasteiger partial charge in [-0.3, -0.25) is 4.79 Å². The van der Waals surface area contributed by atoms with Gasteiger partial charge in [0.05, 0.1) is 12.4 Å². The van der Waals surface area contributed by atoms with Crippen LogP contribution in [0.2, 0.25) is 0 Å². The van der Waals surface area contributed by atoms with Crippen LogP contribution >= 0.6 is 23.1 Å². The third-order valence-corrected chi connectivity index (χ3v) is 5.27. The Hall–Kier alpha value is -0.860. The molecule has 0 aromatic carbocycles. The van der Waals surface area contributed by atoms with Crippen LogP contribution in [-0.4, -0.2) is 60.1 Å². The summed E-state index contributed by atoms with van der Waals surface area (Å²) in [6, 6.07) is 0. The lowest BCUT2D eigenvalue weighted by Crippen LogP contribution is -2.33. The summed E-state index contributed by atoms with van der Waals surface area (Å²) < 4.78 is 5.80. The molecule has 1 aromatic heterocycles. The lowest BCUT2D eigenvalue weighted by molar-refractivity contribution is -0.128. The number of nitrogens with one attached hydrogen (secondary N) is 1. The van der Waals surface area contributed by atoms with Crippen LogP contribution in [0.15, 0.2) is 4.34 Å². The average Bonchev–Trinajstić information content (AvgIpc) is 2.77. The molecule has 0 radical (unpaired) electrons. The summed E-state index contributed by atoms with van der Waals surface area (Å²) in [5.74, 6) is 0.665. The van der Waals surface area contributed by atoms with E-state index in [0.29, 0.717) is 18.9 Å². The number of ether oxygens (including phenoxy) is 1. The minimum Gasteiger partial charge on any atom is -0.383 e. The number of carbonyl (C=O) groups excluding carboxylic acids is 1. The molecule has 0 unspecified atom stereocenters. The SMILES string of the molecule is COCCNc1nnc(SCC(=O)N2CCCCCC2)s1. The summed E-state index contributed by atoms with van der Waals surface area (Å²) >= 11 is 2.95. The zero-order valence-electron chi connectivity index (χ0n) is 12.3. The van der Waals surface area contributed by atoms with Crippen LogP contribution in [0.25, 0.3) is 0 Å². The number of carbonyl (C=O) groups is 1. The van der Waals surface area contributed by atoms with Crippen molar-refractivity contribution in [2.75, 3.05) is 44.4 Å². The highest BCUT2D eigenvalue weighted by Gasteiger charge is 2.16. The van der Waals surface area contributed by atoms with Gasteiger partial charge in [-0.25, -0.2) is 0 Å². The van der Waals surface area contributed by atoms with Crippen molar-refractivity contribution in [3.05, 3.63) is 0 Å². The van der Waals surface area contributed by atoms with Gasteiger partial charge < -0.3 is 15.0 Å². The predicted octanol–water partition coefficient (Wildman–Crippen LogP) is 2.09. The van der Waals surface area contributed by atoms with Crippen LogP contribution in [0.3, 0.4) is 0 Å². The highest BCUT2D eigenvalue weighted by molar-refractivity contribution is 8.01. The van der Waals surface area contributed by atoms with Crippen molar-refractivity contribution in [1.29, 1.82) is 0 Å². The first-order valence-electron chi connectivity index (χ1n) is 7.26. The molecule has 0 spiro atoms. The predicted molar refractivity (Wildman–Crippen MR) is 86.0 cm³/mol. The Morgan fingerprint density at radius 1 is 1.33 bits per heavy atom. The molecule has 1 aliphatic heterocycles. The number of rotatable bonds is 7. The quantitative estimate of drug-likeness (QED) is 0.610. The summed E-state index contributed by atoms with van der Waals surface area (Å²) in [4.78, 5) is 14.2. The highest BCUT2D eigenvalue weighted by atomic mass is 32.2.